The Hall–Kier alpha value is -7.16. The van der Waals surface area contributed by atoms with Crippen LogP contribution in [-0.4, -0.2) is 0 Å². The quantitative estimate of drug-likeness (QED) is 0.173. The van der Waals surface area contributed by atoms with Crippen LogP contribution in [0.15, 0.2) is 192 Å². The minimum Gasteiger partial charge on any atom is -0.455 e. The summed E-state index contributed by atoms with van der Waals surface area (Å²) in [5.74, 6) is 0. The summed E-state index contributed by atoms with van der Waals surface area (Å²) in [4.78, 5) is 2.45. The van der Waals surface area contributed by atoms with Crippen LogP contribution in [0.5, 0.6) is 0 Å². The standard InChI is InChI=1S/C58H43NO/c1-57(2)48-26-14-13-21-42(48)43-32-30-39(34-51(43)57)59(38-19-9-6-10-20-38)52-35-47-55-41(25-16-28-53(55)60-56(47)45-23-12-11-22-44(45)52)37-29-31-46-50(33-37)58(3,4)49-27-15-24-40(54(46)49)36-17-7-5-8-18-36/h5-35H,1-4H3. The molecule has 2 aliphatic carbocycles. The molecule has 2 nitrogen and oxygen atoms in total. The summed E-state index contributed by atoms with van der Waals surface area (Å²) in [5.41, 5.74) is 20.5. The Labute approximate surface area is 351 Å². The largest absolute Gasteiger partial charge is 0.455 e. The van der Waals surface area contributed by atoms with Crippen LogP contribution in [0.25, 0.3) is 77.2 Å². The van der Waals surface area contributed by atoms with Gasteiger partial charge in [-0.2, -0.15) is 0 Å². The fourth-order valence-electron chi connectivity index (χ4n) is 10.7. The molecule has 0 atom stereocenters. The summed E-state index contributed by atoms with van der Waals surface area (Å²) in [7, 11) is 0. The summed E-state index contributed by atoms with van der Waals surface area (Å²) in [6.45, 7) is 9.46. The first-order chi connectivity index (χ1) is 29.3. The molecule has 9 aromatic carbocycles. The monoisotopic (exact) mass is 769 g/mol. The highest BCUT2D eigenvalue weighted by molar-refractivity contribution is 6.22. The summed E-state index contributed by atoms with van der Waals surface area (Å²) in [5, 5.41) is 4.49. The molecule has 0 bridgehead atoms. The third-order valence-electron chi connectivity index (χ3n) is 13.7. The minimum atomic E-state index is -0.164. The highest BCUT2D eigenvalue weighted by Gasteiger charge is 2.38. The Bertz CT molecular complexity index is 3370. The van der Waals surface area contributed by atoms with Gasteiger partial charge in [-0.15, -0.1) is 0 Å². The molecule has 1 aromatic heterocycles. The number of benzene rings is 9. The Morgan fingerprint density at radius 3 is 1.83 bits per heavy atom. The predicted molar refractivity (Wildman–Crippen MR) is 252 cm³/mol. The lowest BCUT2D eigenvalue weighted by Crippen LogP contribution is -2.16. The van der Waals surface area contributed by atoms with Crippen molar-refractivity contribution >= 4 is 49.8 Å². The van der Waals surface area contributed by atoms with Gasteiger partial charge in [-0.25, -0.2) is 0 Å². The van der Waals surface area contributed by atoms with E-state index in [9.17, 15) is 0 Å². The normalized spacial score (nSPS) is 14.3. The van der Waals surface area contributed by atoms with Crippen molar-refractivity contribution in [3.05, 3.63) is 210 Å². The van der Waals surface area contributed by atoms with Crippen LogP contribution in [0.2, 0.25) is 0 Å². The van der Waals surface area contributed by atoms with Crippen LogP contribution in [0, 0.1) is 0 Å². The molecule has 12 rings (SSSR count). The van der Waals surface area contributed by atoms with Crippen molar-refractivity contribution < 1.29 is 4.42 Å². The van der Waals surface area contributed by atoms with Gasteiger partial charge in [-0.05, 0) is 109 Å². The van der Waals surface area contributed by atoms with Gasteiger partial charge < -0.3 is 9.32 Å². The van der Waals surface area contributed by atoms with E-state index in [1.54, 1.807) is 0 Å². The average Bonchev–Trinajstić information content (AvgIpc) is 3.87. The first-order valence-electron chi connectivity index (χ1n) is 21.1. The highest BCUT2D eigenvalue weighted by atomic mass is 16.3. The smallest absolute Gasteiger partial charge is 0.143 e. The van der Waals surface area contributed by atoms with Gasteiger partial charge in [0.05, 0.1) is 5.69 Å². The zero-order chi connectivity index (χ0) is 40.3. The van der Waals surface area contributed by atoms with E-state index in [2.05, 4.69) is 221 Å². The zero-order valence-electron chi connectivity index (χ0n) is 34.3. The molecule has 2 aliphatic rings. The SMILES string of the molecule is CC1(C)c2ccccc2-c2ccc(N(c3ccccc3)c3cc4c(oc5cccc(-c6ccc7c(c6)C(C)(C)c6cccc(-c8ccccc8)c6-7)c54)c4ccccc34)cc21. The second-order valence-corrected chi connectivity index (χ2v) is 17.6. The minimum absolute atomic E-state index is 0.124. The van der Waals surface area contributed by atoms with Crippen LogP contribution < -0.4 is 4.90 Å². The van der Waals surface area contributed by atoms with E-state index >= 15 is 0 Å². The van der Waals surface area contributed by atoms with Gasteiger partial charge in [0, 0.05) is 43.7 Å². The number of nitrogens with zero attached hydrogens (tertiary/aromatic N) is 1. The van der Waals surface area contributed by atoms with Crippen molar-refractivity contribution in [2.24, 2.45) is 0 Å². The lowest BCUT2D eigenvalue weighted by atomic mass is 9.81. The molecule has 0 saturated carbocycles. The predicted octanol–water partition coefficient (Wildman–Crippen LogP) is 16.2. The van der Waals surface area contributed by atoms with Crippen molar-refractivity contribution in [2.75, 3.05) is 4.90 Å². The fraction of sp³-hybridized carbons (Fsp3) is 0.103. The highest BCUT2D eigenvalue weighted by Crippen LogP contribution is 2.55. The molecule has 0 aliphatic heterocycles. The van der Waals surface area contributed by atoms with Crippen LogP contribution in [-0.2, 0) is 10.8 Å². The topological polar surface area (TPSA) is 16.4 Å². The number of hydrogen-bond acceptors (Lipinski definition) is 2. The number of para-hydroxylation sites is 1. The fourth-order valence-corrected chi connectivity index (χ4v) is 10.7. The molecule has 0 saturated heterocycles. The van der Waals surface area contributed by atoms with Gasteiger partial charge in [0.1, 0.15) is 11.2 Å². The van der Waals surface area contributed by atoms with E-state index in [0.29, 0.717) is 0 Å². The number of hydrogen-bond donors (Lipinski definition) is 0. The van der Waals surface area contributed by atoms with E-state index in [-0.39, 0.29) is 10.8 Å². The van der Waals surface area contributed by atoms with Crippen molar-refractivity contribution in [1.29, 1.82) is 0 Å². The van der Waals surface area contributed by atoms with Crippen molar-refractivity contribution in [2.45, 2.75) is 38.5 Å². The Morgan fingerprint density at radius 1 is 0.383 bits per heavy atom. The first-order valence-corrected chi connectivity index (χ1v) is 21.1. The lowest BCUT2D eigenvalue weighted by molar-refractivity contribution is 0.660. The molecule has 0 spiro atoms. The number of rotatable bonds is 5. The molecule has 0 N–H and O–H groups in total. The van der Waals surface area contributed by atoms with Gasteiger partial charge in [-0.1, -0.05) is 173 Å². The molecule has 0 unspecified atom stereocenters. The van der Waals surface area contributed by atoms with E-state index in [1.807, 2.05) is 0 Å². The van der Waals surface area contributed by atoms with E-state index in [0.717, 1.165) is 49.8 Å². The summed E-state index contributed by atoms with van der Waals surface area (Å²) in [6, 6.07) is 69.1. The lowest BCUT2D eigenvalue weighted by Gasteiger charge is -2.29. The summed E-state index contributed by atoms with van der Waals surface area (Å²) in [6.07, 6.45) is 0. The molecule has 0 radical (unpaired) electrons. The van der Waals surface area contributed by atoms with Gasteiger partial charge in [0.15, 0.2) is 0 Å². The van der Waals surface area contributed by atoms with Crippen molar-refractivity contribution in [3.63, 3.8) is 0 Å². The first kappa shape index (κ1) is 34.8. The maximum Gasteiger partial charge on any atom is 0.143 e. The molecule has 2 heteroatoms. The molecular weight excluding hydrogens is 727 g/mol. The summed E-state index contributed by atoms with van der Waals surface area (Å²) < 4.78 is 6.93. The molecular formula is C58H43NO. The van der Waals surface area contributed by atoms with E-state index in [1.165, 1.54) is 66.8 Å². The second-order valence-electron chi connectivity index (χ2n) is 17.6. The zero-order valence-corrected chi connectivity index (χ0v) is 34.3. The Kier molecular flexibility index (Phi) is 7.36. The molecule has 1 heterocycles. The molecule has 60 heavy (non-hydrogen) atoms. The van der Waals surface area contributed by atoms with Crippen LogP contribution >= 0.6 is 0 Å². The third kappa shape index (κ3) is 4.88. The second kappa shape index (κ2) is 12.7. The van der Waals surface area contributed by atoms with E-state index < -0.39 is 0 Å². The number of furan rings is 1. The third-order valence-corrected chi connectivity index (χ3v) is 13.7. The van der Waals surface area contributed by atoms with Crippen LogP contribution in [0.4, 0.5) is 17.1 Å². The molecule has 0 amide bonds. The Morgan fingerprint density at radius 2 is 1.00 bits per heavy atom. The van der Waals surface area contributed by atoms with Gasteiger partial charge >= 0.3 is 0 Å². The Balaban J connectivity index is 1.08. The van der Waals surface area contributed by atoms with Gasteiger partial charge in [-0.3, -0.25) is 0 Å². The van der Waals surface area contributed by atoms with Crippen LogP contribution in [0.1, 0.15) is 49.9 Å². The molecule has 286 valence electrons. The molecule has 0 fully saturated rings. The van der Waals surface area contributed by atoms with Gasteiger partial charge in [0.25, 0.3) is 0 Å². The molecule has 10 aromatic rings. The van der Waals surface area contributed by atoms with Crippen molar-refractivity contribution in [1.82, 2.24) is 0 Å². The summed E-state index contributed by atoms with van der Waals surface area (Å²) >= 11 is 0. The van der Waals surface area contributed by atoms with Gasteiger partial charge in [0.2, 0.25) is 0 Å². The van der Waals surface area contributed by atoms with Crippen LogP contribution in [0.3, 0.4) is 0 Å². The number of anilines is 3. The van der Waals surface area contributed by atoms with Crippen molar-refractivity contribution in [3.8, 4) is 44.5 Å². The maximum absolute atomic E-state index is 6.93. The maximum atomic E-state index is 6.93. The number of fused-ring (bicyclic) bond motifs is 11. The van der Waals surface area contributed by atoms with E-state index in [4.69, 9.17) is 4.42 Å². The average molecular weight is 770 g/mol.